The van der Waals surface area contributed by atoms with Crippen molar-refractivity contribution in [1.29, 1.82) is 0 Å². The van der Waals surface area contributed by atoms with Gasteiger partial charge in [0.2, 0.25) is 0 Å². The summed E-state index contributed by atoms with van der Waals surface area (Å²) in [5.74, 6) is -0.805. The molecule has 0 saturated carbocycles. The van der Waals surface area contributed by atoms with Gasteiger partial charge < -0.3 is 10.2 Å². The molecule has 0 radical (unpaired) electrons. The quantitative estimate of drug-likeness (QED) is 0.161. The Morgan fingerprint density at radius 3 is 1.83 bits per heavy atom. The Labute approximate surface area is 220 Å². The molecule has 0 bridgehead atoms. The summed E-state index contributed by atoms with van der Waals surface area (Å²) in [5.41, 5.74) is 5.05. The van der Waals surface area contributed by atoms with Crippen molar-refractivity contribution in [3.63, 3.8) is 0 Å². The zero-order chi connectivity index (χ0) is 24.6. The third kappa shape index (κ3) is 11.9. The summed E-state index contributed by atoms with van der Waals surface area (Å²) in [5, 5.41) is 21.5. The molecule has 0 spiro atoms. The van der Waals surface area contributed by atoms with Gasteiger partial charge in [0.15, 0.2) is 0 Å². The number of hydrogen-bond donors (Lipinski definition) is 0. The van der Waals surface area contributed by atoms with Crippen molar-refractivity contribution in [3.05, 3.63) is 84.4 Å². The van der Waals surface area contributed by atoms with Crippen molar-refractivity contribution in [3.8, 4) is 11.5 Å². The molecule has 35 heavy (non-hydrogen) atoms. The molecule has 3 aromatic carbocycles. The molecule has 0 aliphatic rings. The first-order chi connectivity index (χ1) is 16.5. The van der Waals surface area contributed by atoms with Gasteiger partial charge in [-0.2, -0.15) is 0 Å². The van der Waals surface area contributed by atoms with Crippen molar-refractivity contribution in [1.82, 2.24) is 0 Å². The summed E-state index contributed by atoms with van der Waals surface area (Å²) in [4.78, 5) is 9.58. The van der Waals surface area contributed by atoms with E-state index < -0.39 is 11.5 Å². The fourth-order valence-electron chi connectivity index (χ4n) is 3.45. The van der Waals surface area contributed by atoms with E-state index in [4.69, 9.17) is 9.98 Å². The molecule has 5 heteroatoms. The van der Waals surface area contributed by atoms with Gasteiger partial charge in [-0.15, -0.1) is 11.5 Å². The van der Waals surface area contributed by atoms with Crippen LogP contribution in [0.2, 0.25) is 0 Å². The smallest absolute Gasteiger partial charge is 0.873 e. The Kier molecular flexibility index (Phi) is 15.1. The van der Waals surface area contributed by atoms with E-state index in [1.807, 2.05) is 67.6 Å². The molecule has 0 N–H and O–H groups in total. The molecule has 4 nitrogen and oxygen atoms in total. The van der Waals surface area contributed by atoms with Crippen LogP contribution in [-0.2, 0) is 22.9 Å². The van der Waals surface area contributed by atoms with Crippen molar-refractivity contribution in [2.24, 2.45) is 9.98 Å². The standard InChI is InChI=1S/C21H26N2.C9H12O2.Ni/c1-3-4-5-12-17-21(23-20-15-10-7-11-16-20)18(2)22-19-13-8-6-9-14-19;1-2-3-7-4-5-8(10)9(11)6-7;/h6-11,13-16H,3-5,12,17H2,1-2H3;4-6,10-11H,2-3H2,1H3;/q;;+2/p-2. The van der Waals surface area contributed by atoms with Gasteiger partial charge in [-0.3, -0.25) is 9.98 Å². The molecule has 3 aromatic rings. The Hall–Kier alpha value is -2.91. The summed E-state index contributed by atoms with van der Waals surface area (Å²) in [6, 6.07) is 24.7. The second-order valence-corrected chi connectivity index (χ2v) is 8.27. The number of benzene rings is 3. The first-order valence-corrected chi connectivity index (χ1v) is 12.2. The maximum Gasteiger partial charge on any atom is 2.00 e. The molecular formula is C30H36N2NiO2. The zero-order valence-corrected chi connectivity index (χ0v) is 22.0. The summed E-state index contributed by atoms with van der Waals surface area (Å²) < 4.78 is 0. The third-order valence-corrected chi connectivity index (χ3v) is 5.30. The van der Waals surface area contributed by atoms with Crippen LogP contribution in [0.5, 0.6) is 11.5 Å². The van der Waals surface area contributed by atoms with E-state index >= 15 is 0 Å². The number of hydrogen-bond acceptors (Lipinski definition) is 4. The minimum absolute atomic E-state index is 0. The summed E-state index contributed by atoms with van der Waals surface area (Å²) >= 11 is 0. The Balaban J connectivity index is 0.000000430. The van der Waals surface area contributed by atoms with Crippen LogP contribution in [-0.4, -0.2) is 11.4 Å². The molecule has 3 rings (SSSR count). The molecule has 0 atom stereocenters. The molecule has 0 aromatic heterocycles. The monoisotopic (exact) mass is 514 g/mol. The minimum atomic E-state index is -0.412. The molecule has 0 aliphatic heterocycles. The topological polar surface area (TPSA) is 70.8 Å². The molecule has 0 saturated heterocycles. The second-order valence-electron chi connectivity index (χ2n) is 8.27. The SMILES string of the molecule is CCCCCCC(=Nc1ccccc1)C(C)=Nc1ccccc1.CCCc1ccc([O-])c([O-])c1.[Ni+2]. The maximum absolute atomic E-state index is 10.8. The molecule has 0 fully saturated rings. The van der Waals surface area contributed by atoms with Crippen LogP contribution < -0.4 is 10.2 Å². The Morgan fingerprint density at radius 1 is 0.686 bits per heavy atom. The van der Waals surface area contributed by atoms with E-state index in [0.29, 0.717) is 0 Å². The van der Waals surface area contributed by atoms with E-state index in [1.54, 1.807) is 6.07 Å². The van der Waals surface area contributed by atoms with Crippen LogP contribution in [0.1, 0.15) is 64.9 Å². The van der Waals surface area contributed by atoms with Gasteiger partial charge in [-0.05, 0) is 56.0 Å². The summed E-state index contributed by atoms with van der Waals surface area (Å²) in [7, 11) is 0. The first kappa shape index (κ1) is 30.1. The van der Waals surface area contributed by atoms with Gasteiger partial charge in [0.05, 0.1) is 22.8 Å². The van der Waals surface area contributed by atoms with Crippen molar-refractivity contribution >= 4 is 22.8 Å². The van der Waals surface area contributed by atoms with Gasteiger partial charge in [-0.25, -0.2) is 0 Å². The van der Waals surface area contributed by atoms with E-state index in [2.05, 4.69) is 13.8 Å². The number of aliphatic imine (C=N–C) groups is 2. The largest absolute Gasteiger partial charge is 2.00 e. The van der Waals surface area contributed by atoms with Crippen LogP contribution in [0.3, 0.4) is 0 Å². The van der Waals surface area contributed by atoms with E-state index in [1.165, 1.54) is 37.8 Å². The van der Waals surface area contributed by atoms with Crippen LogP contribution in [0, 0.1) is 0 Å². The predicted octanol–water partition coefficient (Wildman–Crippen LogP) is 7.31. The van der Waals surface area contributed by atoms with Gasteiger partial charge in [-0.1, -0.05) is 94.1 Å². The second kappa shape index (κ2) is 17.5. The number of aryl methyl sites for hydroxylation is 1. The predicted molar refractivity (Wildman–Crippen MR) is 141 cm³/mol. The van der Waals surface area contributed by atoms with E-state index in [9.17, 15) is 10.2 Å². The fraction of sp³-hybridized carbons (Fsp3) is 0.333. The van der Waals surface area contributed by atoms with Gasteiger partial charge >= 0.3 is 16.5 Å². The van der Waals surface area contributed by atoms with Crippen molar-refractivity contribution in [2.45, 2.75) is 65.7 Å². The average Bonchev–Trinajstić information content (AvgIpc) is 2.85. The molecule has 188 valence electrons. The van der Waals surface area contributed by atoms with Crippen LogP contribution >= 0.6 is 0 Å². The van der Waals surface area contributed by atoms with Crippen molar-refractivity contribution < 1.29 is 26.7 Å². The van der Waals surface area contributed by atoms with Gasteiger partial charge in [0.25, 0.3) is 0 Å². The zero-order valence-electron chi connectivity index (χ0n) is 21.0. The molecule has 0 heterocycles. The molecule has 0 unspecified atom stereocenters. The van der Waals surface area contributed by atoms with Crippen LogP contribution in [0.15, 0.2) is 88.8 Å². The van der Waals surface area contributed by atoms with Gasteiger partial charge in [0, 0.05) is 0 Å². The average molecular weight is 515 g/mol. The molecule has 0 aliphatic carbocycles. The third-order valence-electron chi connectivity index (χ3n) is 5.30. The fourth-order valence-corrected chi connectivity index (χ4v) is 3.45. The number of rotatable bonds is 10. The van der Waals surface area contributed by atoms with Crippen LogP contribution in [0.4, 0.5) is 11.4 Å². The van der Waals surface area contributed by atoms with Crippen molar-refractivity contribution in [2.75, 3.05) is 0 Å². The number of para-hydroxylation sites is 2. The number of unbranched alkanes of at least 4 members (excludes halogenated alkanes) is 3. The number of nitrogens with zero attached hydrogens (tertiary/aromatic N) is 2. The summed E-state index contributed by atoms with van der Waals surface area (Å²) in [6.45, 7) is 6.34. The maximum atomic E-state index is 10.8. The first-order valence-electron chi connectivity index (χ1n) is 12.2. The van der Waals surface area contributed by atoms with Gasteiger partial charge in [0.1, 0.15) is 0 Å². The Bertz CT molecular complexity index is 1030. The minimum Gasteiger partial charge on any atom is -0.873 e. The molecular weight excluding hydrogens is 479 g/mol. The van der Waals surface area contributed by atoms with E-state index in [-0.39, 0.29) is 16.5 Å². The van der Waals surface area contributed by atoms with Crippen LogP contribution in [0.25, 0.3) is 0 Å². The van der Waals surface area contributed by atoms with E-state index in [0.717, 1.165) is 47.6 Å². The Morgan fingerprint density at radius 2 is 1.29 bits per heavy atom. The normalized spacial score (nSPS) is 11.3. The molecule has 0 amide bonds. The summed E-state index contributed by atoms with van der Waals surface area (Å²) in [6.07, 6.45) is 7.81.